The van der Waals surface area contributed by atoms with Crippen molar-refractivity contribution in [2.24, 2.45) is 5.73 Å². The van der Waals surface area contributed by atoms with E-state index in [0.29, 0.717) is 5.65 Å². The summed E-state index contributed by atoms with van der Waals surface area (Å²) in [4.78, 5) is 42.0. The van der Waals surface area contributed by atoms with Crippen LogP contribution in [0.25, 0.3) is 17.2 Å². The lowest BCUT2D eigenvalue weighted by Crippen LogP contribution is -2.31. The Balaban J connectivity index is 1.43. The number of hydrogen-bond donors (Lipinski definition) is 4. The smallest absolute Gasteiger partial charge is 0.351 e. The van der Waals surface area contributed by atoms with Crippen LogP contribution in [-0.4, -0.2) is 66.5 Å². The Bertz CT molecular complexity index is 1300. The first-order valence-electron chi connectivity index (χ1n) is 10.4. The van der Waals surface area contributed by atoms with Crippen molar-refractivity contribution < 1.29 is 37.9 Å². The van der Waals surface area contributed by atoms with Crippen LogP contribution in [0, 0.1) is 0 Å². The number of nitrogens with one attached hydrogen (secondary N) is 1. The second-order valence-electron chi connectivity index (χ2n) is 7.73. The predicted octanol–water partition coefficient (Wildman–Crippen LogP) is 1.15. The maximum absolute atomic E-state index is 11.3. The Labute approximate surface area is 197 Å². The molecule has 2 amide bonds. The minimum absolute atomic E-state index is 0.115. The lowest BCUT2D eigenvalue weighted by molar-refractivity contribution is -0.132. The van der Waals surface area contributed by atoms with Crippen LogP contribution in [0.15, 0.2) is 49.1 Å². The first kappa shape index (κ1) is 23.5. The lowest BCUT2D eigenvalue weighted by Gasteiger charge is -2.20. The number of urea groups is 1. The zero-order valence-electron chi connectivity index (χ0n) is 17.9. The summed E-state index contributed by atoms with van der Waals surface area (Å²) in [5.74, 6) is 0.115. The molecule has 5 N–H and O–H groups in total. The molecule has 184 valence electrons. The number of fused-ring (bicyclic) bond motifs is 2. The number of nitrogens with two attached hydrogens (primary N) is 1. The number of benzene rings is 1. The highest BCUT2D eigenvalue weighted by molar-refractivity contribution is 7.46. The molecule has 15 heteroatoms. The molecule has 35 heavy (non-hydrogen) atoms. The van der Waals surface area contributed by atoms with Gasteiger partial charge in [-0.1, -0.05) is 36.4 Å². The van der Waals surface area contributed by atoms with Crippen LogP contribution in [0.3, 0.4) is 0 Å². The number of carbonyl (C=O) groups is 1. The Morgan fingerprint density at radius 2 is 1.94 bits per heavy atom. The van der Waals surface area contributed by atoms with Gasteiger partial charge in [-0.15, -0.1) is 0 Å². The van der Waals surface area contributed by atoms with Gasteiger partial charge in [0.25, 0.3) is 0 Å². The molecular weight excluding hydrogens is 483 g/mol. The van der Waals surface area contributed by atoms with Gasteiger partial charge in [0.05, 0.1) is 12.9 Å². The SMILES string of the molecule is NC(=O)Nc1ncnc2c1ncn2[C@@H]1O[C@H](COP(=O)(O)O)[C@@H]2OC(/C=C/c3ccccc3)OC21. The van der Waals surface area contributed by atoms with Crippen LogP contribution in [0.4, 0.5) is 10.6 Å². The highest BCUT2D eigenvalue weighted by atomic mass is 31.2. The number of phosphoric acid groups is 1. The van der Waals surface area contributed by atoms with Gasteiger partial charge < -0.3 is 29.7 Å². The number of rotatable bonds is 7. The van der Waals surface area contributed by atoms with Crippen molar-refractivity contribution >= 4 is 36.9 Å². The molecular formula is C20H21N6O8P. The molecule has 2 unspecified atom stereocenters. The van der Waals surface area contributed by atoms with Crippen molar-refractivity contribution in [1.82, 2.24) is 19.5 Å². The molecule has 2 saturated heterocycles. The van der Waals surface area contributed by atoms with Gasteiger partial charge in [0.2, 0.25) is 0 Å². The summed E-state index contributed by atoms with van der Waals surface area (Å²) in [6.45, 7) is -0.434. The van der Waals surface area contributed by atoms with Crippen molar-refractivity contribution in [3.63, 3.8) is 0 Å². The highest BCUT2D eigenvalue weighted by Gasteiger charge is 2.53. The number of hydrogen-bond acceptors (Lipinski definition) is 9. The molecule has 5 atom stereocenters. The van der Waals surface area contributed by atoms with Gasteiger partial charge in [0, 0.05) is 0 Å². The van der Waals surface area contributed by atoms with Crippen molar-refractivity contribution in [2.45, 2.75) is 30.8 Å². The Hall–Kier alpha value is -3.23. The maximum Gasteiger partial charge on any atom is 0.469 e. The summed E-state index contributed by atoms with van der Waals surface area (Å²) in [5.41, 5.74) is 6.72. The fraction of sp³-hybridized carbons (Fsp3) is 0.300. The molecule has 2 aliphatic heterocycles. The van der Waals surface area contributed by atoms with Gasteiger partial charge in [-0.2, -0.15) is 0 Å². The third-order valence-corrected chi connectivity index (χ3v) is 5.88. The Morgan fingerprint density at radius 3 is 2.69 bits per heavy atom. The second-order valence-corrected chi connectivity index (χ2v) is 8.97. The molecule has 4 heterocycles. The second kappa shape index (κ2) is 9.43. The Morgan fingerprint density at radius 1 is 1.17 bits per heavy atom. The minimum Gasteiger partial charge on any atom is -0.351 e. The van der Waals surface area contributed by atoms with Gasteiger partial charge in [0.15, 0.2) is 29.5 Å². The van der Waals surface area contributed by atoms with Crippen LogP contribution >= 0.6 is 7.82 Å². The molecule has 2 aliphatic rings. The largest absolute Gasteiger partial charge is 0.469 e. The number of ether oxygens (including phenoxy) is 3. The van der Waals surface area contributed by atoms with E-state index >= 15 is 0 Å². The third-order valence-electron chi connectivity index (χ3n) is 5.39. The van der Waals surface area contributed by atoms with Crippen molar-refractivity contribution in [1.29, 1.82) is 0 Å². The number of amides is 2. The van der Waals surface area contributed by atoms with Crippen LogP contribution in [-0.2, 0) is 23.3 Å². The molecule has 0 spiro atoms. The number of anilines is 1. The van der Waals surface area contributed by atoms with E-state index in [2.05, 4.69) is 24.8 Å². The topological polar surface area (TPSA) is 193 Å². The summed E-state index contributed by atoms with van der Waals surface area (Å²) in [7, 11) is -4.74. The predicted molar refractivity (Wildman–Crippen MR) is 119 cm³/mol. The van der Waals surface area contributed by atoms with E-state index in [-0.39, 0.29) is 11.3 Å². The fourth-order valence-corrected chi connectivity index (χ4v) is 4.32. The molecule has 14 nitrogen and oxygen atoms in total. The maximum atomic E-state index is 11.3. The van der Waals surface area contributed by atoms with E-state index in [4.69, 9.17) is 29.7 Å². The lowest BCUT2D eigenvalue weighted by atomic mass is 10.1. The average molecular weight is 504 g/mol. The summed E-state index contributed by atoms with van der Waals surface area (Å²) >= 11 is 0. The number of primary amides is 1. The molecule has 5 rings (SSSR count). The normalized spacial score (nSPS) is 26.4. The standard InChI is InChI=1S/C20H21N6O8P/c21-20(27)25-17-14-18(23-9-22-17)26(10-24-14)19-16-15(12(32-19)8-31-35(28,29)30)33-13(34-16)7-6-11-4-2-1-3-5-11/h1-7,9-10,12-13,15-16,19H,8H2,(H2,28,29,30)(H3,21,22,23,25,27)/b7-6+/t12-,13?,15+,16?,19-/m1/s1. The first-order chi connectivity index (χ1) is 16.8. The summed E-state index contributed by atoms with van der Waals surface area (Å²) in [5, 5.41) is 2.38. The van der Waals surface area contributed by atoms with Crippen molar-refractivity contribution in [3.8, 4) is 0 Å². The van der Waals surface area contributed by atoms with E-state index < -0.39 is 51.3 Å². The zero-order valence-corrected chi connectivity index (χ0v) is 18.8. The molecule has 0 aliphatic carbocycles. The number of carbonyl (C=O) groups excluding carboxylic acids is 1. The summed E-state index contributed by atoms with van der Waals surface area (Å²) in [6, 6.07) is 8.73. The number of imidazole rings is 1. The van der Waals surface area contributed by atoms with Gasteiger partial charge in [-0.05, 0) is 11.6 Å². The van der Waals surface area contributed by atoms with Crippen LogP contribution < -0.4 is 11.1 Å². The van der Waals surface area contributed by atoms with Crippen LogP contribution in [0.1, 0.15) is 11.8 Å². The minimum atomic E-state index is -4.74. The molecule has 1 aromatic carbocycles. The van der Waals surface area contributed by atoms with Crippen molar-refractivity contribution in [3.05, 3.63) is 54.6 Å². The van der Waals surface area contributed by atoms with Gasteiger partial charge in [-0.25, -0.2) is 24.3 Å². The van der Waals surface area contributed by atoms with Gasteiger partial charge >= 0.3 is 13.9 Å². The van der Waals surface area contributed by atoms with Gasteiger partial charge in [0.1, 0.15) is 24.6 Å². The van der Waals surface area contributed by atoms with E-state index in [1.807, 2.05) is 36.4 Å². The summed E-state index contributed by atoms with van der Waals surface area (Å²) in [6.07, 6.45) is 2.38. The quantitative estimate of drug-likeness (QED) is 0.337. The summed E-state index contributed by atoms with van der Waals surface area (Å²) < 4.78 is 35.6. The molecule has 2 aromatic heterocycles. The molecule has 3 aromatic rings. The number of aromatic nitrogens is 4. The van der Waals surface area contributed by atoms with E-state index in [0.717, 1.165) is 5.56 Å². The fourth-order valence-electron chi connectivity index (χ4n) is 3.98. The van der Waals surface area contributed by atoms with E-state index in [9.17, 15) is 9.36 Å². The van der Waals surface area contributed by atoms with E-state index in [1.54, 1.807) is 10.6 Å². The van der Waals surface area contributed by atoms with Gasteiger partial charge in [-0.3, -0.25) is 14.4 Å². The zero-order chi connectivity index (χ0) is 24.6. The average Bonchev–Trinajstić information content (AvgIpc) is 3.50. The Kier molecular flexibility index (Phi) is 6.34. The van der Waals surface area contributed by atoms with Crippen LogP contribution in [0.2, 0.25) is 0 Å². The first-order valence-corrected chi connectivity index (χ1v) is 12.0. The van der Waals surface area contributed by atoms with E-state index in [1.165, 1.54) is 12.7 Å². The molecule has 0 saturated carbocycles. The monoisotopic (exact) mass is 504 g/mol. The highest BCUT2D eigenvalue weighted by Crippen LogP contribution is 2.43. The molecule has 0 bridgehead atoms. The molecule has 0 radical (unpaired) electrons. The van der Waals surface area contributed by atoms with Crippen LogP contribution in [0.5, 0.6) is 0 Å². The number of nitrogens with zero attached hydrogens (tertiary/aromatic N) is 4. The van der Waals surface area contributed by atoms with Crippen molar-refractivity contribution in [2.75, 3.05) is 11.9 Å². The molecule has 2 fully saturated rings. The third kappa shape index (κ3) is 5.09. The number of phosphoric ester groups is 1.